The minimum atomic E-state index is -0.246. The highest BCUT2D eigenvalue weighted by molar-refractivity contribution is 7.09. The summed E-state index contributed by atoms with van der Waals surface area (Å²) >= 11 is 1.37. The maximum absolute atomic E-state index is 12.8. The molecule has 1 aromatic carbocycles. The molecule has 0 spiro atoms. The van der Waals surface area contributed by atoms with Crippen molar-refractivity contribution in [2.45, 2.75) is 34.2 Å². The van der Waals surface area contributed by atoms with E-state index in [-0.39, 0.29) is 17.9 Å². The molecule has 0 fully saturated rings. The summed E-state index contributed by atoms with van der Waals surface area (Å²) in [4.78, 5) is 31.0. The number of benzene rings is 1. The molecule has 0 aliphatic rings. The molecule has 3 amide bonds. The molecule has 154 valence electrons. The van der Waals surface area contributed by atoms with E-state index in [0.717, 1.165) is 0 Å². The normalized spacial score (nSPS) is 10.7. The lowest BCUT2D eigenvalue weighted by molar-refractivity contribution is 0.0944. The number of nitriles is 1. The molecule has 29 heavy (non-hydrogen) atoms. The van der Waals surface area contributed by atoms with Crippen LogP contribution in [-0.2, 0) is 6.54 Å². The molecule has 8 heteroatoms. The molecule has 1 aromatic heterocycles. The van der Waals surface area contributed by atoms with Crippen LogP contribution >= 0.6 is 11.3 Å². The minimum absolute atomic E-state index is 0.196. The van der Waals surface area contributed by atoms with Crippen LogP contribution in [0.1, 0.15) is 48.8 Å². The van der Waals surface area contributed by atoms with Gasteiger partial charge in [0.2, 0.25) is 0 Å². The first-order chi connectivity index (χ1) is 13.8. The van der Waals surface area contributed by atoms with Gasteiger partial charge in [-0.15, -0.1) is 11.3 Å². The molecule has 2 rings (SSSR count). The number of nitrogens with zero attached hydrogens (tertiary/aromatic N) is 3. The van der Waals surface area contributed by atoms with Gasteiger partial charge in [-0.1, -0.05) is 27.7 Å². The smallest absolute Gasteiger partial charge is 0.322 e. The Hall–Kier alpha value is -2.92. The highest BCUT2D eigenvalue weighted by Gasteiger charge is 2.19. The van der Waals surface area contributed by atoms with Crippen molar-refractivity contribution in [3.63, 3.8) is 0 Å². The van der Waals surface area contributed by atoms with E-state index in [1.54, 1.807) is 34.5 Å². The van der Waals surface area contributed by atoms with E-state index in [0.29, 0.717) is 47.5 Å². The predicted molar refractivity (Wildman–Crippen MR) is 115 cm³/mol. The van der Waals surface area contributed by atoms with E-state index >= 15 is 0 Å². The Balaban J connectivity index is 2.05. The molecule has 0 saturated carbocycles. The van der Waals surface area contributed by atoms with E-state index in [1.807, 2.05) is 27.7 Å². The molecule has 0 aliphatic heterocycles. The van der Waals surface area contributed by atoms with Crippen LogP contribution in [0.25, 0.3) is 0 Å². The van der Waals surface area contributed by atoms with Crippen molar-refractivity contribution >= 4 is 29.0 Å². The second kappa shape index (κ2) is 10.6. The molecule has 7 nitrogen and oxygen atoms in total. The van der Waals surface area contributed by atoms with Crippen LogP contribution in [0.5, 0.6) is 0 Å². The van der Waals surface area contributed by atoms with Crippen molar-refractivity contribution in [2.75, 3.05) is 18.4 Å². The van der Waals surface area contributed by atoms with Gasteiger partial charge in [-0.05, 0) is 36.1 Å². The molecule has 2 aromatic rings. The molecule has 0 atom stereocenters. The summed E-state index contributed by atoms with van der Waals surface area (Å²) in [5.41, 5.74) is 1.53. The summed E-state index contributed by atoms with van der Waals surface area (Å²) in [5.74, 6) is 0.443. The van der Waals surface area contributed by atoms with Gasteiger partial charge >= 0.3 is 6.03 Å². The van der Waals surface area contributed by atoms with Gasteiger partial charge in [0, 0.05) is 24.2 Å². The standard InChI is InChI=1S/C21H27N5O2S/c1-14(2)10-23-20(27)18-13-29-19(25-18)12-26(11-15(3)4)21(28)24-17-7-5-16(9-22)6-8-17/h5-8,13-15H,10-12H2,1-4H3,(H,23,27)(H,24,28). The Morgan fingerprint density at radius 2 is 1.86 bits per heavy atom. The first kappa shape index (κ1) is 22.4. The van der Waals surface area contributed by atoms with Crippen molar-refractivity contribution in [1.29, 1.82) is 5.26 Å². The van der Waals surface area contributed by atoms with Gasteiger partial charge in [-0.3, -0.25) is 4.79 Å². The number of carbonyl (C=O) groups excluding carboxylic acids is 2. The van der Waals surface area contributed by atoms with Crippen molar-refractivity contribution in [3.8, 4) is 6.07 Å². The Morgan fingerprint density at radius 1 is 1.17 bits per heavy atom. The molecule has 0 saturated heterocycles. The third kappa shape index (κ3) is 7.20. The third-order valence-electron chi connectivity index (χ3n) is 3.92. The molecule has 0 aliphatic carbocycles. The van der Waals surface area contributed by atoms with Crippen LogP contribution in [0.4, 0.5) is 10.5 Å². The van der Waals surface area contributed by atoms with Crippen molar-refractivity contribution in [1.82, 2.24) is 15.2 Å². The fourth-order valence-electron chi connectivity index (χ4n) is 2.53. The van der Waals surface area contributed by atoms with Gasteiger partial charge in [0.05, 0.1) is 18.2 Å². The van der Waals surface area contributed by atoms with Crippen LogP contribution in [0, 0.1) is 23.2 Å². The van der Waals surface area contributed by atoms with Gasteiger partial charge in [0.1, 0.15) is 10.7 Å². The van der Waals surface area contributed by atoms with Crippen molar-refractivity contribution < 1.29 is 9.59 Å². The predicted octanol–water partition coefficient (Wildman–Crippen LogP) is 4.09. The van der Waals surface area contributed by atoms with Crippen LogP contribution < -0.4 is 10.6 Å². The topological polar surface area (TPSA) is 98.1 Å². The number of thiazole rings is 1. The van der Waals surface area contributed by atoms with Gasteiger partial charge in [-0.25, -0.2) is 9.78 Å². The molecule has 2 N–H and O–H groups in total. The van der Waals surface area contributed by atoms with Gasteiger partial charge in [-0.2, -0.15) is 5.26 Å². The first-order valence-corrected chi connectivity index (χ1v) is 10.4. The maximum atomic E-state index is 12.8. The number of rotatable bonds is 8. The van der Waals surface area contributed by atoms with Crippen LogP contribution in [0.2, 0.25) is 0 Å². The Labute approximate surface area is 175 Å². The fraction of sp³-hybridized carbons (Fsp3) is 0.429. The van der Waals surface area contributed by atoms with E-state index in [9.17, 15) is 9.59 Å². The lowest BCUT2D eigenvalue weighted by Gasteiger charge is -2.24. The SMILES string of the molecule is CC(C)CNC(=O)c1csc(CN(CC(C)C)C(=O)Nc2ccc(C#N)cc2)n1. The van der Waals surface area contributed by atoms with Gasteiger partial charge in [0.15, 0.2) is 0 Å². The minimum Gasteiger partial charge on any atom is -0.350 e. The molecule has 0 unspecified atom stereocenters. The third-order valence-corrected chi connectivity index (χ3v) is 4.75. The van der Waals surface area contributed by atoms with Gasteiger partial charge < -0.3 is 15.5 Å². The molecular weight excluding hydrogens is 386 g/mol. The van der Waals surface area contributed by atoms with Crippen LogP contribution in [0.15, 0.2) is 29.6 Å². The van der Waals surface area contributed by atoms with E-state index < -0.39 is 0 Å². The molecular formula is C21H27N5O2S. The van der Waals surface area contributed by atoms with Crippen LogP contribution in [-0.4, -0.2) is 34.9 Å². The summed E-state index contributed by atoms with van der Waals surface area (Å²) in [6.07, 6.45) is 0. The maximum Gasteiger partial charge on any atom is 0.322 e. The fourth-order valence-corrected chi connectivity index (χ4v) is 3.32. The number of urea groups is 1. The van der Waals surface area contributed by atoms with Gasteiger partial charge in [0.25, 0.3) is 5.91 Å². The largest absolute Gasteiger partial charge is 0.350 e. The lowest BCUT2D eigenvalue weighted by Crippen LogP contribution is -2.37. The summed E-state index contributed by atoms with van der Waals surface area (Å²) in [6.45, 7) is 9.60. The van der Waals surface area contributed by atoms with Crippen molar-refractivity contribution in [2.24, 2.45) is 11.8 Å². The highest BCUT2D eigenvalue weighted by atomic mass is 32.1. The summed E-state index contributed by atoms with van der Waals surface area (Å²) in [7, 11) is 0. The van der Waals surface area contributed by atoms with E-state index in [4.69, 9.17) is 5.26 Å². The lowest BCUT2D eigenvalue weighted by atomic mass is 10.2. The second-order valence-electron chi connectivity index (χ2n) is 7.62. The zero-order valence-corrected chi connectivity index (χ0v) is 18.0. The average Bonchev–Trinajstić information content (AvgIpc) is 3.14. The van der Waals surface area contributed by atoms with E-state index in [2.05, 4.69) is 21.7 Å². The zero-order valence-electron chi connectivity index (χ0n) is 17.2. The Kier molecular flexibility index (Phi) is 8.16. The number of amides is 3. The zero-order chi connectivity index (χ0) is 21.4. The average molecular weight is 414 g/mol. The summed E-state index contributed by atoms with van der Waals surface area (Å²) in [6, 6.07) is 8.52. The van der Waals surface area contributed by atoms with E-state index in [1.165, 1.54) is 11.3 Å². The monoisotopic (exact) mass is 413 g/mol. The molecule has 0 bridgehead atoms. The number of hydrogen-bond acceptors (Lipinski definition) is 5. The Morgan fingerprint density at radius 3 is 2.45 bits per heavy atom. The number of hydrogen-bond donors (Lipinski definition) is 2. The van der Waals surface area contributed by atoms with Crippen molar-refractivity contribution in [3.05, 3.63) is 45.9 Å². The molecule has 1 heterocycles. The molecule has 0 radical (unpaired) electrons. The number of carbonyl (C=O) groups is 2. The summed E-state index contributed by atoms with van der Waals surface area (Å²) < 4.78 is 0. The quantitative estimate of drug-likeness (QED) is 0.681. The summed E-state index contributed by atoms with van der Waals surface area (Å²) in [5, 5.41) is 17.0. The second-order valence-corrected chi connectivity index (χ2v) is 8.57. The number of anilines is 1. The van der Waals surface area contributed by atoms with Crippen LogP contribution in [0.3, 0.4) is 0 Å². The number of nitrogens with one attached hydrogen (secondary N) is 2. The highest BCUT2D eigenvalue weighted by Crippen LogP contribution is 2.16. The number of aromatic nitrogens is 1. The Bertz CT molecular complexity index is 868. The first-order valence-electron chi connectivity index (χ1n) is 9.57.